The van der Waals surface area contributed by atoms with Crippen molar-refractivity contribution < 1.29 is 13.2 Å². The molecule has 29 heavy (non-hydrogen) atoms. The van der Waals surface area contributed by atoms with E-state index in [-0.39, 0.29) is 16.8 Å². The molecular weight excluding hydrogens is 386 g/mol. The van der Waals surface area contributed by atoms with Gasteiger partial charge < -0.3 is 9.30 Å². The predicted octanol–water partition coefficient (Wildman–Crippen LogP) is 3.36. The largest absolute Gasteiger partial charge is 0.383 e. The summed E-state index contributed by atoms with van der Waals surface area (Å²) in [5, 5.41) is 0.186. The Balaban J connectivity index is 1.93. The van der Waals surface area contributed by atoms with Gasteiger partial charge in [0.05, 0.1) is 30.8 Å². The number of hydrogen-bond acceptors (Lipinski definition) is 5. The van der Waals surface area contributed by atoms with E-state index in [1.165, 1.54) is 6.42 Å². The number of benzene rings is 1. The molecule has 1 aromatic carbocycles. The van der Waals surface area contributed by atoms with Crippen molar-refractivity contribution in [3.63, 3.8) is 0 Å². The van der Waals surface area contributed by atoms with Crippen LogP contribution in [0.3, 0.4) is 0 Å². The molecule has 0 amide bonds. The fourth-order valence-electron chi connectivity index (χ4n) is 4.07. The number of ether oxygens (including phenoxy) is 1. The van der Waals surface area contributed by atoms with Crippen LogP contribution in [-0.4, -0.2) is 54.9 Å². The van der Waals surface area contributed by atoms with Gasteiger partial charge in [-0.25, -0.2) is 13.4 Å². The summed E-state index contributed by atoms with van der Waals surface area (Å²) in [4.78, 5) is 6.80. The first-order valence-corrected chi connectivity index (χ1v) is 12.1. The van der Waals surface area contributed by atoms with Crippen molar-refractivity contribution in [2.75, 3.05) is 26.0 Å². The second kappa shape index (κ2) is 9.87. The number of likely N-dealkylation sites (tertiary alicyclic amines) is 1. The summed E-state index contributed by atoms with van der Waals surface area (Å²) in [5.74, 6) is 0.160. The molecular formula is C22H33N3O3S. The minimum atomic E-state index is -3.45. The van der Waals surface area contributed by atoms with Crippen molar-refractivity contribution in [3.8, 4) is 0 Å². The molecule has 2 heterocycles. The average Bonchev–Trinajstić information content (AvgIpc) is 3.07. The number of methoxy groups -OCH3 is 1. The topological polar surface area (TPSA) is 64.4 Å². The highest BCUT2D eigenvalue weighted by molar-refractivity contribution is 7.91. The fraction of sp³-hybridized carbons (Fsp3) is 0.591. The Morgan fingerprint density at radius 2 is 1.93 bits per heavy atom. The van der Waals surface area contributed by atoms with Gasteiger partial charge in [0.25, 0.3) is 0 Å². The van der Waals surface area contributed by atoms with Crippen molar-refractivity contribution in [1.82, 2.24) is 14.5 Å². The van der Waals surface area contributed by atoms with Crippen molar-refractivity contribution >= 4 is 9.84 Å². The smallest absolute Gasteiger partial charge is 0.228 e. The van der Waals surface area contributed by atoms with Crippen LogP contribution in [0.4, 0.5) is 0 Å². The van der Waals surface area contributed by atoms with Gasteiger partial charge >= 0.3 is 0 Å². The maximum absolute atomic E-state index is 13.0. The van der Waals surface area contributed by atoms with Gasteiger partial charge in [0.2, 0.25) is 15.0 Å². The van der Waals surface area contributed by atoms with Crippen LogP contribution >= 0.6 is 0 Å². The van der Waals surface area contributed by atoms with Crippen LogP contribution in [0.25, 0.3) is 0 Å². The quantitative estimate of drug-likeness (QED) is 0.624. The fourth-order valence-corrected chi connectivity index (χ4v) is 5.83. The molecule has 2 aromatic rings. The van der Waals surface area contributed by atoms with E-state index in [2.05, 4.69) is 9.88 Å². The summed E-state index contributed by atoms with van der Waals surface area (Å²) in [7, 11) is -1.71. The molecule has 0 unspecified atom stereocenters. The van der Waals surface area contributed by atoms with E-state index in [0.717, 1.165) is 30.6 Å². The maximum Gasteiger partial charge on any atom is 0.228 e. The van der Waals surface area contributed by atoms with Gasteiger partial charge in [-0.3, -0.25) is 4.90 Å². The molecule has 3 rings (SSSR count). The molecule has 0 spiro atoms. The molecule has 1 saturated heterocycles. The number of aromatic nitrogens is 2. The number of imidazole rings is 1. The molecule has 0 bridgehead atoms. The third-order valence-electron chi connectivity index (χ3n) is 5.39. The van der Waals surface area contributed by atoms with Gasteiger partial charge in [-0.1, -0.05) is 50.6 Å². The van der Waals surface area contributed by atoms with E-state index < -0.39 is 9.84 Å². The van der Waals surface area contributed by atoms with Gasteiger partial charge in [0, 0.05) is 19.7 Å². The highest BCUT2D eigenvalue weighted by Crippen LogP contribution is 2.23. The van der Waals surface area contributed by atoms with E-state index in [4.69, 9.17) is 4.74 Å². The summed E-state index contributed by atoms with van der Waals surface area (Å²) in [5.41, 5.74) is 2.01. The summed E-state index contributed by atoms with van der Waals surface area (Å²) in [6.45, 7) is 6.73. The Morgan fingerprint density at radius 1 is 1.17 bits per heavy atom. The van der Waals surface area contributed by atoms with Crippen LogP contribution in [0.5, 0.6) is 0 Å². The molecule has 0 aliphatic carbocycles. The summed E-state index contributed by atoms with van der Waals surface area (Å²) in [6, 6.07) is 10.3. The summed E-state index contributed by atoms with van der Waals surface area (Å²) < 4.78 is 33.3. The molecule has 0 radical (unpaired) electrons. The van der Waals surface area contributed by atoms with Crippen LogP contribution in [0, 0.1) is 5.92 Å². The molecule has 0 N–H and O–H groups in total. The van der Waals surface area contributed by atoms with Gasteiger partial charge in [0.1, 0.15) is 0 Å². The Labute approximate surface area is 174 Å². The van der Waals surface area contributed by atoms with E-state index in [9.17, 15) is 8.42 Å². The first kappa shape index (κ1) is 22.0. The molecule has 1 atom stereocenters. The second-order valence-electron chi connectivity index (χ2n) is 8.35. The van der Waals surface area contributed by atoms with Gasteiger partial charge in [-0.15, -0.1) is 0 Å². The Morgan fingerprint density at radius 3 is 2.62 bits per heavy atom. The van der Waals surface area contributed by atoms with E-state index in [1.54, 1.807) is 13.3 Å². The van der Waals surface area contributed by atoms with Crippen LogP contribution < -0.4 is 0 Å². The molecule has 1 aliphatic rings. The first-order chi connectivity index (χ1) is 13.9. The standard InChI is InChI=1S/C22H33N3O3S/c1-18(2)17-29(26,27)22-23-13-21(25(22)14-19-9-5-4-6-10-19)15-24-12-8-7-11-20(24)16-28-3/h4-6,9-10,13,18,20H,7-8,11-12,14-17H2,1-3H3/t20-/m1/s1. The zero-order valence-corrected chi connectivity index (χ0v) is 18.6. The van der Waals surface area contributed by atoms with Crippen LogP contribution in [0.1, 0.15) is 44.4 Å². The molecule has 1 fully saturated rings. The minimum absolute atomic E-state index is 0.0542. The zero-order valence-electron chi connectivity index (χ0n) is 17.8. The number of sulfone groups is 1. The monoisotopic (exact) mass is 419 g/mol. The molecule has 6 nitrogen and oxygen atoms in total. The summed E-state index contributed by atoms with van der Waals surface area (Å²) in [6.07, 6.45) is 5.22. The SMILES string of the molecule is COC[C@H]1CCCCN1Cc1cnc(S(=O)(=O)CC(C)C)n1Cc1ccccc1. The lowest BCUT2D eigenvalue weighted by Gasteiger charge is -2.35. The van der Waals surface area contributed by atoms with E-state index in [0.29, 0.717) is 25.7 Å². The molecule has 0 saturated carbocycles. The maximum atomic E-state index is 13.0. The minimum Gasteiger partial charge on any atom is -0.383 e. The lowest BCUT2D eigenvalue weighted by molar-refractivity contribution is 0.0585. The number of rotatable bonds is 9. The predicted molar refractivity (Wildman–Crippen MR) is 115 cm³/mol. The third kappa shape index (κ3) is 5.68. The second-order valence-corrected chi connectivity index (χ2v) is 10.3. The van der Waals surface area contributed by atoms with E-state index >= 15 is 0 Å². The molecule has 160 valence electrons. The van der Waals surface area contributed by atoms with Gasteiger partial charge in [-0.05, 0) is 30.9 Å². The normalized spacial score (nSPS) is 18.4. The highest BCUT2D eigenvalue weighted by Gasteiger charge is 2.28. The van der Waals surface area contributed by atoms with Crippen molar-refractivity contribution in [2.45, 2.75) is 57.4 Å². The lowest BCUT2D eigenvalue weighted by atomic mass is 10.0. The van der Waals surface area contributed by atoms with Crippen LogP contribution in [-0.2, 0) is 27.7 Å². The zero-order chi connectivity index (χ0) is 20.9. The highest BCUT2D eigenvalue weighted by atomic mass is 32.2. The number of nitrogens with zero attached hydrogens (tertiary/aromatic N) is 3. The van der Waals surface area contributed by atoms with Crippen molar-refractivity contribution in [2.24, 2.45) is 5.92 Å². The Bertz CT molecular complexity index is 876. The number of hydrogen-bond donors (Lipinski definition) is 0. The summed E-state index contributed by atoms with van der Waals surface area (Å²) >= 11 is 0. The van der Waals surface area contributed by atoms with Crippen molar-refractivity contribution in [3.05, 3.63) is 47.8 Å². The van der Waals surface area contributed by atoms with E-state index in [1.807, 2.05) is 48.7 Å². The van der Waals surface area contributed by atoms with Crippen LogP contribution in [0.15, 0.2) is 41.7 Å². The van der Waals surface area contributed by atoms with Crippen molar-refractivity contribution in [1.29, 1.82) is 0 Å². The van der Waals surface area contributed by atoms with Gasteiger partial charge in [0.15, 0.2) is 0 Å². The lowest BCUT2D eigenvalue weighted by Crippen LogP contribution is -2.42. The Kier molecular flexibility index (Phi) is 7.49. The average molecular weight is 420 g/mol. The Hall–Kier alpha value is -1.70. The molecule has 1 aromatic heterocycles. The third-order valence-corrected chi connectivity index (χ3v) is 7.38. The molecule has 1 aliphatic heterocycles. The first-order valence-electron chi connectivity index (χ1n) is 10.4. The number of piperidine rings is 1. The van der Waals surface area contributed by atoms with Gasteiger partial charge in [-0.2, -0.15) is 0 Å². The van der Waals surface area contributed by atoms with Crippen LogP contribution in [0.2, 0.25) is 0 Å². The molecule has 7 heteroatoms.